The maximum Gasteiger partial charge on any atom is 0.303 e. The number of amides is 1. The summed E-state index contributed by atoms with van der Waals surface area (Å²) in [5, 5.41) is 21.0. The van der Waals surface area contributed by atoms with Crippen LogP contribution in [0.2, 0.25) is 0 Å². The van der Waals surface area contributed by atoms with E-state index in [4.69, 9.17) is 5.11 Å². The number of nitrogens with zero attached hydrogens (tertiary/aromatic N) is 3. The molecular formula is C16H16N4O3S. The molecule has 0 aliphatic carbocycles. The van der Waals surface area contributed by atoms with E-state index in [-0.39, 0.29) is 18.7 Å². The quantitative estimate of drug-likeness (QED) is 0.832. The number of nitrogens with one attached hydrogen (secondary N) is 1. The molecule has 7 nitrogen and oxygen atoms in total. The molecule has 24 heavy (non-hydrogen) atoms. The lowest BCUT2D eigenvalue weighted by atomic mass is 9.87. The van der Waals surface area contributed by atoms with Crippen LogP contribution in [-0.4, -0.2) is 27.0 Å². The molecule has 2 N–H and O–H groups in total. The number of carboxylic acids is 1. The predicted octanol–water partition coefficient (Wildman–Crippen LogP) is 2.91. The Morgan fingerprint density at radius 1 is 1.46 bits per heavy atom. The van der Waals surface area contributed by atoms with Gasteiger partial charge in [0.15, 0.2) is 5.13 Å². The van der Waals surface area contributed by atoms with Gasteiger partial charge < -0.3 is 10.4 Å². The number of nitriles is 1. The summed E-state index contributed by atoms with van der Waals surface area (Å²) in [5.74, 6) is -1.28. The largest absolute Gasteiger partial charge is 0.481 e. The number of aliphatic carboxylic acids is 1. The minimum Gasteiger partial charge on any atom is -0.481 e. The second-order valence-electron chi connectivity index (χ2n) is 5.78. The topological polar surface area (TPSA) is 116 Å². The highest BCUT2D eigenvalue weighted by Crippen LogP contribution is 2.32. The van der Waals surface area contributed by atoms with E-state index in [1.165, 1.54) is 0 Å². The molecule has 1 amide bonds. The Hall–Kier alpha value is -2.79. The third-order valence-electron chi connectivity index (χ3n) is 3.46. The standard InChI is InChI=1S/C16H16N4O3S/c1-16(2,6-5-12(21)22)14(23)20-15-19-13(11(8-17)24-15)10-4-3-7-18-9-10/h3-4,7,9H,5-6H2,1-2H3,(H,21,22)(H,19,20,23). The molecule has 0 aliphatic rings. The third kappa shape index (κ3) is 4.14. The van der Waals surface area contributed by atoms with Crippen LogP contribution in [0.1, 0.15) is 31.6 Å². The highest BCUT2D eigenvalue weighted by atomic mass is 32.1. The van der Waals surface area contributed by atoms with Crippen molar-refractivity contribution in [3.63, 3.8) is 0 Å². The van der Waals surface area contributed by atoms with Crippen LogP contribution in [0.15, 0.2) is 24.5 Å². The van der Waals surface area contributed by atoms with Gasteiger partial charge in [-0.2, -0.15) is 5.26 Å². The van der Waals surface area contributed by atoms with E-state index in [0.29, 0.717) is 21.3 Å². The molecule has 0 aromatic carbocycles. The van der Waals surface area contributed by atoms with Crippen LogP contribution < -0.4 is 5.32 Å². The predicted molar refractivity (Wildman–Crippen MR) is 89.3 cm³/mol. The molecule has 8 heteroatoms. The van der Waals surface area contributed by atoms with Crippen LogP contribution in [0.5, 0.6) is 0 Å². The van der Waals surface area contributed by atoms with Crippen molar-refractivity contribution in [2.24, 2.45) is 5.41 Å². The van der Waals surface area contributed by atoms with Crippen LogP contribution in [-0.2, 0) is 9.59 Å². The summed E-state index contributed by atoms with van der Waals surface area (Å²) in [6.45, 7) is 3.35. The average molecular weight is 344 g/mol. The van der Waals surface area contributed by atoms with Crippen molar-refractivity contribution in [1.82, 2.24) is 9.97 Å². The van der Waals surface area contributed by atoms with Crippen LogP contribution in [0, 0.1) is 16.7 Å². The summed E-state index contributed by atoms with van der Waals surface area (Å²) >= 11 is 1.07. The number of thiazole rings is 1. The van der Waals surface area contributed by atoms with Gasteiger partial charge in [0.1, 0.15) is 16.6 Å². The van der Waals surface area contributed by atoms with Gasteiger partial charge in [-0.15, -0.1) is 0 Å². The highest BCUT2D eigenvalue weighted by molar-refractivity contribution is 7.16. The number of carbonyl (C=O) groups excluding carboxylic acids is 1. The number of rotatable bonds is 6. The molecule has 0 radical (unpaired) electrons. The first-order valence-corrected chi connectivity index (χ1v) is 7.99. The third-order valence-corrected chi connectivity index (χ3v) is 4.34. The first kappa shape index (κ1) is 17.6. The Kier molecular flexibility index (Phi) is 5.26. The van der Waals surface area contributed by atoms with Gasteiger partial charge in [-0.05, 0) is 18.6 Å². The first-order valence-electron chi connectivity index (χ1n) is 7.18. The monoisotopic (exact) mass is 344 g/mol. The maximum atomic E-state index is 12.4. The van der Waals surface area contributed by atoms with Crippen molar-refractivity contribution in [2.45, 2.75) is 26.7 Å². The molecular weight excluding hydrogens is 328 g/mol. The Bertz CT molecular complexity index is 793. The summed E-state index contributed by atoms with van der Waals surface area (Å²) in [4.78, 5) is 31.7. The second kappa shape index (κ2) is 7.19. The van der Waals surface area contributed by atoms with Gasteiger partial charge in [0.05, 0.1) is 0 Å². The van der Waals surface area contributed by atoms with Crippen molar-refractivity contribution in [2.75, 3.05) is 5.32 Å². The van der Waals surface area contributed by atoms with Gasteiger partial charge >= 0.3 is 5.97 Å². The lowest BCUT2D eigenvalue weighted by molar-refractivity contribution is -0.138. The lowest BCUT2D eigenvalue weighted by Gasteiger charge is -2.21. The summed E-state index contributed by atoms with van der Waals surface area (Å²) in [6.07, 6.45) is 3.33. The minimum absolute atomic E-state index is 0.0946. The molecule has 0 spiro atoms. The van der Waals surface area contributed by atoms with E-state index in [9.17, 15) is 14.9 Å². The number of anilines is 1. The number of hydrogen-bond donors (Lipinski definition) is 2. The molecule has 0 fully saturated rings. The normalized spacial score (nSPS) is 10.9. The fraction of sp³-hybridized carbons (Fsp3) is 0.312. The molecule has 0 bridgehead atoms. The van der Waals surface area contributed by atoms with Gasteiger partial charge in [0.25, 0.3) is 0 Å². The van der Waals surface area contributed by atoms with Crippen molar-refractivity contribution < 1.29 is 14.7 Å². The van der Waals surface area contributed by atoms with Gasteiger partial charge in [0, 0.05) is 29.8 Å². The van der Waals surface area contributed by atoms with E-state index in [2.05, 4.69) is 21.4 Å². The number of carbonyl (C=O) groups is 2. The van der Waals surface area contributed by atoms with Crippen molar-refractivity contribution in [1.29, 1.82) is 5.26 Å². The molecule has 0 aliphatic heterocycles. The highest BCUT2D eigenvalue weighted by Gasteiger charge is 2.29. The SMILES string of the molecule is CC(C)(CCC(=O)O)C(=O)Nc1nc(-c2cccnc2)c(C#N)s1. The Morgan fingerprint density at radius 2 is 2.21 bits per heavy atom. The number of pyridine rings is 1. The van der Waals surface area contributed by atoms with Crippen molar-refractivity contribution in [3.05, 3.63) is 29.4 Å². The lowest BCUT2D eigenvalue weighted by Crippen LogP contribution is -2.31. The summed E-state index contributed by atoms with van der Waals surface area (Å²) < 4.78 is 0. The van der Waals surface area contributed by atoms with Crippen LogP contribution in [0.25, 0.3) is 11.3 Å². The second-order valence-corrected chi connectivity index (χ2v) is 6.78. The van der Waals surface area contributed by atoms with Gasteiger partial charge in [-0.3, -0.25) is 14.6 Å². The van der Waals surface area contributed by atoms with E-state index < -0.39 is 11.4 Å². The van der Waals surface area contributed by atoms with Crippen LogP contribution in [0.3, 0.4) is 0 Å². The van der Waals surface area contributed by atoms with Crippen molar-refractivity contribution >= 4 is 28.3 Å². The average Bonchev–Trinajstić information content (AvgIpc) is 2.96. The zero-order valence-corrected chi connectivity index (χ0v) is 14.1. The Labute approximate surface area is 143 Å². The fourth-order valence-electron chi connectivity index (χ4n) is 1.95. The van der Waals surface area contributed by atoms with Gasteiger partial charge in [-0.1, -0.05) is 25.2 Å². The number of hydrogen-bond acceptors (Lipinski definition) is 6. The Balaban J connectivity index is 2.19. The number of aromatic nitrogens is 2. The molecule has 2 rings (SSSR count). The summed E-state index contributed by atoms with van der Waals surface area (Å²) in [6, 6.07) is 5.59. The first-order chi connectivity index (χ1) is 11.3. The van der Waals surface area contributed by atoms with Crippen LogP contribution in [0.4, 0.5) is 5.13 Å². The van der Waals surface area contributed by atoms with E-state index in [1.54, 1.807) is 38.4 Å². The molecule has 0 unspecified atom stereocenters. The zero-order chi connectivity index (χ0) is 17.7. The molecule has 124 valence electrons. The zero-order valence-electron chi connectivity index (χ0n) is 13.2. The van der Waals surface area contributed by atoms with Gasteiger partial charge in [-0.25, -0.2) is 4.98 Å². The van der Waals surface area contributed by atoms with Gasteiger partial charge in [0.2, 0.25) is 5.91 Å². The molecule has 2 heterocycles. The van der Waals surface area contributed by atoms with Crippen LogP contribution >= 0.6 is 11.3 Å². The summed E-state index contributed by atoms with van der Waals surface area (Å²) in [7, 11) is 0. The Morgan fingerprint density at radius 3 is 2.79 bits per heavy atom. The maximum absolute atomic E-state index is 12.4. The molecule has 2 aromatic heterocycles. The number of carboxylic acid groups (broad SMARTS) is 1. The molecule has 0 saturated carbocycles. The van der Waals surface area contributed by atoms with Crippen molar-refractivity contribution in [3.8, 4) is 17.3 Å². The fourth-order valence-corrected chi connectivity index (χ4v) is 2.73. The molecule has 2 aromatic rings. The smallest absolute Gasteiger partial charge is 0.303 e. The molecule has 0 saturated heterocycles. The molecule has 0 atom stereocenters. The summed E-state index contributed by atoms with van der Waals surface area (Å²) in [5.41, 5.74) is 0.302. The van der Waals surface area contributed by atoms with E-state index in [1.807, 2.05) is 0 Å². The van der Waals surface area contributed by atoms with E-state index in [0.717, 1.165) is 11.3 Å². The minimum atomic E-state index is -0.948. The van der Waals surface area contributed by atoms with E-state index >= 15 is 0 Å².